The molecule has 0 atom stereocenters. The molecule has 1 aromatic heterocycles. The lowest BCUT2D eigenvalue weighted by Crippen LogP contribution is -2.39. The minimum atomic E-state index is -0.319. The molecule has 0 aliphatic carbocycles. The number of carbonyl (C=O) groups excluding carboxylic acids is 1. The Hall–Kier alpha value is -3.61. The van der Waals surface area contributed by atoms with E-state index in [0.717, 1.165) is 43.1 Å². The van der Waals surface area contributed by atoms with Crippen LogP contribution < -0.4 is 10.6 Å². The third kappa shape index (κ3) is 5.94. The monoisotopic (exact) mass is 405 g/mol. The number of esters is 1. The number of nitrogens with one attached hydrogen (secondary N) is 2. The van der Waals surface area contributed by atoms with Crippen molar-refractivity contribution in [2.45, 2.75) is 12.8 Å². The fourth-order valence-corrected chi connectivity index (χ4v) is 3.03. The Morgan fingerprint density at radius 1 is 1.00 bits per heavy atom. The van der Waals surface area contributed by atoms with Crippen molar-refractivity contribution < 1.29 is 9.53 Å². The molecule has 7 nitrogen and oxygen atoms in total. The van der Waals surface area contributed by atoms with Gasteiger partial charge in [-0.1, -0.05) is 24.3 Å². The summed E-state index contributed by atoms with van der Waals surface area (Å²) in [7, 11) is 3.15. The van der Waals surface area contributed by atoms with Gasteiger partial charge in [-0.05, 0) is 54.3 Å². The van der Waals surface area contributed by atoms with Crippen molar-refractivity contribution in [3.63, 3.8) is 0 Å². The lowest BCUT2D eigenvalue weighted by atomic mass is 10.1. The van der Waals surface area contributed by atoms with Gasteiger partial charge >= 0.3 is 5.97 Å². The fourth-order valence-electron chi connectivity index (χ4n) is 3.03. The van der Waals surface area contributed by atoms with E-state index in [4.69, 9.17) is 4.74 Å². The highest BCUT2D eigenvalue weighted by Gasteiger charge is 2.04. The van der Waals surface area contributed by atoms with Crippen LogP contribution in [-0.2, 0) is 17.6 Å². The second-order valence-corrected chi connectivity index (χ2v) is 6.73. The number of hydrogen-bond donors (Lipinski definition) is 2. The number of ether oxygens (including phenoxy) is 1. The van der Waals surface area contributed by atoms with Crippen LogP contribution in [0, 0.1) is 0 Å². The second-order valence-electron chi connectivity index (χ2n) is 6.73. The quantitative estimate of drug-likeness (QED) is 0.342. The Kier molecular flexibility index (Phi) is 7.60. The zero-order valence-electron chi connectivity index (χ0n) is 17.3. The summed E-state index contributed by atoms with van der Waals surface area (Å²) in [5, 5.41) is 10.9. The van der Waals surface area contributed by atoms with Crippen LogP contribution in [0.2, 0.25) is 0 Å². The van der Waals surface area contributed by atoms with Crippen LogP contribution >= 0.6 is 0 Å². The molecule has 0 aliphatic rings. The topological polar surface area (TPSA) is 80.5 Å². The highest BCUT2D eigenvalue weighted by atomic mass is 16.5. The number of nitrogens with zero attached hydrogens (tertiary/aromatic N) is 3. The van der Waals surface area contributed by atoms with Gasteiger partial charge in [-0.25, -0.2) is 9.48 Å². The zero-order valence-corrected chi connectivity index (χ0v) is 17.3. The Morgan fingerprint density at radius 2 is 1.60 bits per heavy atom. The summed E-state index contributed by atoms with van der Waals surface area (Å²) in [6.45, 7) is 1.53. The molecular weight excluding hydrogens is 378 g/mol. The molecule has 0 unspecified atom stereocenters. The molecule has 30 heavy (non-hydrogen) atoms. The number of hydrogen-bond acceptors (Lipinski definition) is 4. The van der Waals surface area contributed by atoms with Crippen LogP contribution in [0.15, 0.2) is 72.0 Å². The predicted molar refractivity (Wildman–Crippen MR) is 118 cm³/mol. The molecule has 2 N–H and O–H groups in total. The standard InChI is InChI=1S/C23H27N5O2/c1-24-23(25-15-12-18-4-8-20(9-5-18)22(29)30-2)26-16-13-19-6-10-21(11-7-19)28-17-3-14-27-28/h3-11,14,17H,12-13,15-16H2,1-2H3,(H2,24,25,26). The largest absolute Gasteiger partial charge is 0.465 e. The molecule has 0 bridgehead atoms. The Balaban J connectivity index is 1.39. The van der Waals surface area contributed by atoms with Crippen LogP contribution in [0.5, 0.6) is 0 Å². The molecule has 3 rings (SSSR count). The van der Waals surface area contributed by atoms with Gasteiger partial charge in [-0.2, -0.15) is 5.10 Å². The molecule has 0 fully saturated rings. The summed E-state index contributed by atoms with van der Waals surface area (Å²) in [6, 6.07) is 17.7. The van der Waals surface area contributed by atoms with Crippen molar-refractivity contribution in [3.8, 4) is 5.69 Å². The third-order valence-corrected chi connectivity index (χ3v) is 4.72. The van der Waals surface area contributed by atoms with E-state index in [2.05, 4.69) is 45.0 Å². The van der Waals surface area contributed by atoms with Gasteiger partial charge in [0.05, 0.1) is 18.4 Å². The zero-order chi connectivity index (χ0) is 21.2. The number of aliphatic imine (C=N–C) groups is 1. The fraction of sp³-hybridized carbons (Fsp3) is 0.261. The summed E-state index contributed by atoms with van der Waals surface area (Å²) in [6.07, 6.45) is 5.43. The lowest BCUT2D eigenvalue weighted by Gasteiger charge is -2.12. The first kappa shape index (κ1) is 21.1. The molecule has 7 heteroatoms. The third-order valence-electron chi connectivity index (χ3n) is 4.72. The van der Waals surface area contributed by atoms with E-state index >= 15 is 0 Å². The van der Waals surface area contributed by atoms with Gasteiger partial charge in [0.15, 0.2) is 5.96 Å². The van der Waals surface area contributed by atoms with Gasteiger partial charge in [0.2, 0.25) is 0 Å². The van der Waals surface area contributed by atoms with Gasteiger partial charge < -0.3 is 15.4 Å². The highest BCUT2D eigenvalue weighted by Crippen LogP contribution is 2.09. The van der Waals surface area contributed by atoms with Crippen LogP contribution in [0.4, 0.5) is 0 Å². The highest BCUT2D eigenvalue weighted by molar-refractivity contribution is 5.89. The van der Waals surface area contributed by atoms with E-state index in [9.17, 15) is 4.79 Å². The van der Waals surface area contributed by atoms with E-state index in [1.165, 1.54) is 12.7 Å². The SMILES string of the molecule is CN=C(NCCc1ccc(C(=O)OC)cc1)NCCc1ccc(-n2cccn2)cc1. The Labute approximate surface area is 176 Å². The molecule has 0 spiro atoms. The van der Waals surface area contributed by atoms with Crippen LogP contribution in [0.1, 0.15) is 21.5 Å². The molecule has 0 aliphatic heterocycles. The van der Waals surface area contributed by atoms with Crippen LogP contribution in [0.3, 0.4) is 0 Å². The smallest absolute Gasteiger partial charge is 0.337 e. The maximum Gasteiger partial charge on any atom is 0.337 e. The van der Waals surface area contributed by atoms with Crippen molar-refractivity contribution in [2.75, 3.05) is 27.2 Å². The number of carbonyl (C=O) groups is 1. The molecule has 156 valence electrons. The van der Waals surface area contributed by atoms with Crippen molar-refractivity contribution in [2.24, 2.45) is 4.99 Å². The van der Waals surface area contributed by atoms with Gasteiger partial charge in [-0.3, -0.25) is 4.99 Å². The van der Waals surface area contributed by atoms with E-state index in [0.29, 0.717) is 5.56 Å². The molecule has 0 amide bonds. The lowest BCUT2D eigenvalue weighted by molar-refractivity contribution is 0.0600. The first-order valence-electron chi connectivity index (χ1n) is 9.90. The van der Waals surface area contributed by atoms with Crippen molar-refractivity contribution in [3.05, 3.63) is 83.7 Å². The maximum atomic E-state index is 11.5. The first-order valence-corrected chi connectivity index (χ1v) is 9.90. The van der Waals surface area contributed by atoms with Gasteiger partial charge in [-0.15, -0.1) is 0 Å². The molecule has 0 saturated carbocycles. The first-order chi connectivity index (χ1) is 14.7. The van der Waals surface area contributed by atoms with Crippen molar-refractivity contribution in [1.29, 1.82) is 0 Å². The van der Waals surface area contributed by atoms with Crippen LogP contribution in [0.25, 0.3) is 5.69 Å². The normalized spacial score (nSPS) is 11.2. The number of benzene rings is 2. The summed E-state index contributed by atoms with van der Waals surface area (Å²) in [4.78, 5) is 15.7. The number of aromatic nitrogens is 2. The summed E-state index contributed by atoms with van der Waals surface area (Å²) < 4.78 is 6.56. The van der Waals surface area contributed by atoms with Crippen molar-refractivity contribution in [1.82, 2.24) is 20.4 Å². The predicted octanol–water partition coefficient (Wildman–Crippen LogP) is 2.61. The Morgan fingerprint density at radius 3 is 2.10 bits per heavy atom. The van der Waals surface area contributed by atoms with Gasteiger partial charge in [0.25, 0.3) is 0 Å². The number of rotatable bonds is 8. The van der Waals surface area contributed by atoms with E-state index in [1.54, 1.807) is 25.4 Å². The summed E-state index contributed by atoms with van der Waals surface area (Å²) >= 11 is 0. The van der Waals surface area contributed by atoms with E-state index in [1.807, 2.05) is 29.1 Å². The van der Waals surface area contributed by atoms with E-state index in [-0.39, 0.29) is 5.97 Å². The Bertz CT molecular complexity index is 948. The molecule has 1 heterocycles. The van der Waals surface area contributed by atoms with Gasteiger partial charge in [0, 0.05) is 32.5 Å². The molecule has 0 saturated heterocycles. The van der Waals surface area contributed by atoms with Crippen LogP contribution in [-0.4, -0.2) is 49.0 Å². The minimum Gasteiger partial charge on any atom is -0.465 e. The summed E-state index contributed by atoms with van der Waals surface area (Å²) in [5.41, 5.74) is 4.00. The molecule has 3 aromatic rings. The number of guanidine groups is 1. The average molecular weight is 406 g/mol. The second kappa shape index (κ2) is 10.8. The molecular formula is C23H27N5O2. The molecule has 2 aromatic carbocycles. The summed E-state index contributed by atoms with van der Waals surface area (Å²) in [5.74, 6) is 0.453. The molecule has 0 radical (unpaired) electrons. The average Bonchev–Trinajstić information content (AvgIpc) is 3.33. The number of methoxy groups -OCH3 is 1. The van der Waals surface area contributed by atoms with Crippen molar-refractivity contribution >= 4 is 11.9 Å². The van der Waals surface area contributed by atoms with Gasteiger partial charge in [0.1, 0.15) is 0 Å². The maximum absolute atomic E-state index is 11.5. The van der Waals surface area contributed by atoms with E-state index < -0.39 is 0 Å². The minimum absolute atomic E-state index is 0.319.